The molecule has 0 radical (unpaired) electrons. The number of carbonyl (C=O) groups is 2. The van der Waals surface area contributed by atoms with E-state index in [9.17, 15) is 9.59 Å². The maximum absolute atomic E-state index is 13.8. The van der Waals surface area contributed by atoms with E-state index >= 15 is 0 Å². The lowest BCUT2D eigenvalue weighted by Gasteiger charge is -2.31. The fourth-order valence-corrected chi connectivity index (χ4v) is 6.19. The van der Waals surface area contributed by atoms with E-state index in [0.29, 0.717) is 36.0 Å². The predicted octanol–water partition coefficient (Wildman–Crippen LogP) is 7.25. The second kappa shape index (κ2) is 11.8. The Morgan fingerprint density at radius 1 is 0.952 bits per heavy atom. The summed E-state index contributed by atoms with van der Waals surface area (Å²) in [6, 6.07) is 27.2. The molecule has 2 aliphatic heterocycles. The van der Waals surface area contributed by atoms with E-state index < -0.39 is 0 Å². The van der Waals surface area contributed by atoms with Gasteiger partial charge in [-0.1, -0.05) is 65.9 Å². The summed E-state index contributed by atoms with van der Waals surface area (Å²) in [4.78, 5) is 30.3. The van der Waals surface area contributed by atoms with E-state index in [1.807, 2.05) is 72.5 Å². The Labute approximate surface area is 250 Å². The van der Waals surface area contributed by atoms with Crippen LogP contribution in [0.3, 0.4) is 0 Å². The van der Waals surface area contributed by atoms with Crippen molar-refractivity contribution in [1.29, 1.82) is 0 Å². The van der Waals surface area contributed by atoms with Gasteiger partial charge in [0.25, 0.3) is 11.8 Å². The number of benzene rings is 4. The molecule has 7 heteroatoms. The van der Waals surface area contributed by atoms with E-state index in [2.05, 4.69) is 37.4 Å². The van der Waals surface area contributed by atoms with Gasteiger partial charge in [0.15, 0.2) is 11.5 Å². The van der Waals surface area contributed by atoms with Gasteiger partial charge in [0.1, 0.15) is 13.2 Å². The van der Waals surface area contributed by atoms with Gasteiger partial charge in [-0.05, 0) is 85.5 Å². The van der Waals surface area contributed by atoms with E-state index in [0.717, 1.165) is 38.6 Å². The van der Waals surface area contributed by atoms with Gasteiger partial charge in [0.2, 0.25) is 0 Å². The molecule has 6 rings (SSSR count). The number of hydrogen-bond acceptors (Lipinski definition) is 5. The van der Waals surface area contributed by atoms with Gasteiger partial charge in [-0.2, -0.15) is 0 Å². The van der Waals surface area contributed by atoms with Crippen molar-refractivity contribution in [2.75, 3.05) is 18.1 Å². The molecule has 212 valence electrons. The van der Waals surface area contributed by atoms with E-state index in [4.69, 9.17) is 9.47 Å². The lowest BCUT2D eigenvalue weighted by molar-refractivity contribution is -0.114. The summed E-state index contributed by atoms with van der Waals surface area (Å²) < 4.78 is 11.3. The average molecular weight is 577 g/mol. The largest absolute Gasteiger partial charge is 0.486 e. The number of para-hydroxylation sites is 1. The smallest absolute Gasteiger partial charge is 0.265 e. The molecule has 2 heterocycles. The van der Waals surface area contributed by atoms with Crippen LogP contribution >= 0.6 is 11.8 Å². The highest BCUT2D eigenvalue weighted by Gasteiger charge is 2.29. The monoisotopic (exact) mass is 576 g/mol. The van der Waals surface area contributed by atoms with Gasteiger partial charge in [-0.3, -0.25) is 9.59 Å². The number of ether oxygens (including phenoxy) is 2. The first-order valence-electron chi connectivity index (χ1n) is 14.0. The highest BCUT2D eigenvalue weighted by molar-refractivity contribution is 8.04. The van der Waals surface area contributed by atoms with Crippen LogP contribution in [-0.2, 0) is 11.3 Å². The molecule has 1 atom stereocenters. The number of thioether (sulfide) groups is 1. The number of fused-ring (bicyclic) bond motifs is 2. The number of amides is 2. The number of nitrogens with zero attached hydrogens (tertiary/aromatic N) is 1. The number of hydrogen-bond donors (Lipinski definition) is 1. The molecule has 0 saturated heterocycles. The van der Waals surface area contributed by atoms with E-state index in [1.54, 1.807) is 12.1 Å². The Morgan fingerprint density at radius 2 is 1.71 bits per heavy atom. The Hall–Kier alpha value is -4.49. The fourth-order valence-electron chi connectivity index (χ4n) is 5.13. The highest BCUT2D eigenvalue weighted by atomic mass is 32.2. The number of anilines is 1. The third-order valence-electron chi connectivity index (χ3n) is 7.55. The third kappa shape index (κ3) is 5.78. The first-order valence-corrected chi connectivity index (χ1v) is 14.8. The molecule has 4 aromatic carbocycles. The van der Waals surface area contributed by atoms with Crippen molar-refractivity contribution in [2.45, 2.75) is 38.3 Å². The van der Waals surface area contributed by atoms with Gasteiger partial charge >= 0.3 is 0 Å². The Bertz CT molecular complexity index is 1700. The molecule has 4 aromatic rings. The Morgan fingerprint density at radius 3 is 2.52 bits per heavy atom. The van der Waals surface area contributed by atoms with Crippen LogP contribution in [0.4, 0.5) is 5.69 Å². The van der Waals surface area contributed by atoms with Gasteiger partial charge in [0.05, 0.1) is 23.2 Å². The second-order valence-electron chi connectivity index (χ2n) is 10.6. The molecular formula is C35H32N2O4S. The zero-order valence-corrected chi connectivity index (χ0v) is 24.7. The maximum Gasteiger partial charge on any atom is 0.265 e. The van der Waals surface area contributed by atoms with Crippen molar-refractivity contribution in [3.63, 3.8) is 0 Å². The molecule has 2 amide bonds. The van der Waals surface area contributed by atoms with Crippen LogP contribution in [0.2, 0.25) is 0 Å². The standard InChI is InChI=1S/C35H32N2O4S/c1-22-8-9-23(2)28(18-22)21-37-29-6-4-5-7-32(29)42-33(35(37)39)19-25-10-12-26(13-11-25)34(38)36-24(3)27-14-15-30-31(20-27)41-17-16-40-30/h4-15,18-20,24H,16-17,21H2,1-3H3,(H,36,38)/b33-19-/t24-/m1/s1. The van der Waals surface area contributed by atoms with Crippen LogP contribution in [0.5, 0.6) is 11.5 Å². The SMILES string of the molecule is Cc1ccc(C)c(CN2C(=O)/C(=C/c3ccc(C(=O)N[C@H](C)c4ccc5c(c4)OCCO5)cc3)Sc3ccccc32)c1. The highest BCUT2D eigenvalue weighted by Crippen LogP contribution is 2.43. The van der Waals surface area contributed by atoms with Crippen LogP contribution in [0.15, 0.2) is 94.7 Å². The van der Waals surface area contributed by atoms with Crippen LogP contribution in [0, 0.1) is 13.8 Å². The molecule has 0 aromatic heterocycles. The van der Waals surface area contributed by atoms with Crippen molar-refractivity contribution in [3.8, 4) is 11.5 Å². The predicted molar refractivity (Wildman–Crippen MR) is 167 cm³/mol. The van der Waals surface area contributed by atoms with E-state index in [-0.39, 0.29) is 17.9 Å². The van der Waals surface area contributed by atoms with Gasteiger partial charge in [0, 0.05) is 10.5 Å². The number of carbonyl (C=O) groups excluding carboxylic acids is 2. The van der Waals surface area contributed by atoms with Crippen molar-refractivity contribution in [1.82, 2.24) is 5.32 Å². The molecule has 0 unspecified atom stereocenters. The molecule has 1 N–H and O–H groups in total. The molecule has 42 heavy (non-hydrogen) atoms. The van der Waals surface area contributed by atoms with Gasteiger partial charge < -0.3 is 19.7 Å². The lowest BCUT2D eigenvalue weighted by Crippen LogP contribution is -2.34. The second-order valence-corrected chi connectivity index (χ2v) is 11.7. The van der Waals surface area contributed by atoms with Crippen LogP contribution in [0.25, 0.3) is 6.08 Å². The molecule has 0 aliphatic carbocycles. The molecule has 0 bridgehead atoms. The summed E-state index contributed by atoms with van der Waals surface area (Å²) in [5, 5.41) is 3.06. The van der Waals surface area contributed by atoms with E-state index in [1.165, 1.54) is 17.3 Å². The molecule has 0 spiro atoms. The van der Waals surface area contributed by atoms with Crippen molar-refractivity contribution < 1.29 is 19.1 Å². The lowest BCUT2D eigenvalue weighted by atomic mass is 10.0. The minimum atomic E-state index is -0.213. The quantitative estimate of drug-likeness (QED) is 0.245. The van der Waals surface area contributed by atoms with Crippen LogP contribution < -0.4 is 19.7 Å². The molecule has 0 fully saturated rings. The molecular weight excluding hydrogens is 544 g/mol. The summed E-state index contributed by atoms with van der Waals surface area (Å²) in [5.41, 5.74) is 6.72. The molecule has 2 aliphatic rings. The van der Waals surface area contributed by atoms with Crippen molar-refractivity contribution in [3.05, 3.63) is 123 Å². The van der Waals surface area contributed by atoms with Gasteiger partial charge in [-0.25, -0.2) is 0 Å². The number of aryl methyl sites for hydroxylation is 2. The first-order chi connectivity index (χ1) is 20.4. The summed E-state index contributed by atoms with van der Waals surface area (Å²) in [5.74, 6) is 1.21. The fraction of sp³-hybridized carbons (Fsp3) is 0.200. The zero-order valence-electron chi connectivity index (χ0n) is 23.8. The Balaban J connectivity index is 1.19. The topological polar surface area (TPSA) is 67.9 Å². The minimum absolute atomic E-state index is 0.0327. The van der Waals surface area contributed by atoms with Crippen molar-refractivity contribution >= 4 is 35.3 Å². The number of nitrogens with one attached hydrogen (secondary N) is 1. The first kappa shape index (κ1) is 27.7. The Kier molecular flexibility index (Phi) is 7.76. The van der Waals surface area contributed by atoms with Crippen LogP contribution in [0.1, 0.15) is 51.1 Å². The zero-order chi connectivity index (χ0) is 29.2. The molecule has 6 nitrogen and oxygen atoms in total. The summed E-state index contributed by atoms with van der Waals surface area (Å²) in [6.07, 6.45) is 1.90. The summed E-state index contributed by atoms with van der Waals surface area (Å²) >= 11 is 1.48. The minimum Gasteiger partial charge on any atom is -0.486 e. The normalized spacial score (nSPS) is 15.7. The van der Waals surface area contributed by atoms with Crippen LogP contribution in [-0.4, -0.2) is 25.0 Å². The molecule has 0 saturated carbocycles. The van der Waals surface area contributed by atoms with Crippen molar-refractivity contribution in [2.24, 2.45) is 0 Å². The van der Waals surface area contributed by atoms with Gasteiger partial charge in [-0.15, -0.1) is 0 Å². The third-order valence-corrected chi connectivity index (χ3v) is 8.63. The maximum atomic E-state index is 13.8. The average Bonchev–Trinajstić information content (AvgIpc) is 3.01. The summed E-state index contributed by atoms with van der Waals surface area (Å²) in [7, 11) is 0. The summed E-state index contributed by atoms with van der Waals surface area (Å²) in [6.45, 7) is 7.64. The number of rotatable bonds is 6.